The van der Waals surface area contributed by atoms with Gasteiger partial charge in [0.25, 0.3) is 0 Å². The monoisotopic (exact) mass is 391 g/mol. The molecule has 1 radical (unpaired) electrons. The third-order valence-electron chi connectivity index (χ3n) is 0.274. The Balaban J connectivity index is -0.0000000865. The SMILES string of the molecule is O=S(=O)([O-])OO.O=S(=O)([O-])OO.O=S(=O)([O-])OO.[Cr+3]. The first-order valence-electron chi connectivity index (χ1n) is 2.55. The molecule has 0 heterocycles. The van der Waals surface area contributed by atoms with Crippen molar-refractivity contribution in [1.82, 2.24) is 0 Å². The van der Waals surface area contributed by atoms with Gasteiger partial charge in [0.1, 0.15) is 0 Å². The van der Waals surface area contributed by atoms with Crippen molar-refractivity contribution in [3.8, 4) is 0 Å². The third kappa shape index (κ3) is 56.8. The van der Waals surface area contributed by atoms with Crippen LogP contribution < -0.4 is 0 Å². The molecule has 0 aromatic heterocycles. The molecule has 3 N–H and O–H groups in total. The molecule has 0 unspecified atom stereocenters. The summed E-state index contributed by atoms with van der Waals surface area (Å²) in [6, 6.07) is 0. The Labute approximate surface area is 116 Å². The predicted molar refractivity (Wildman–Crippen MR) is 40.2 cm³/mol. The van der Waals surface area contributed by atoms with Crippen LogP contribution >= 0.6 is 0 Å². The fourth-order valence-corrected chi connectivity index (χ4v) is 0. The maximum Gasteiger partial charge on any atom is 3.00 e. The molecule has 0 aliphatic carbocycles. The normalized spacial score (nSPS) is 11.1. The van der Waals surface area contributed by atoms with Crippen LogP contribution in [0.3, 0.4) is 0 Å². The molecule has 117 valence electrons. The minimum atomic E-state index is -4.86. The first-order valence-corrected chi connectivity index (χ1v) is 6.55. The van der Waals surface area contributed by atoms with Crippen molar-refractivity contribution in [2.24, 2.45) is 0 Å². The molecule has 0 saturated carbocycles. The molecule has 15 nitrogen and oxygen atoms in total. The van der Waals surface area contributed by atoms with Gasteiger partial charge in [-0.05, 0) is 0 Å². The number of rotatable bonds is 3. The van der Waals surface area contributed by atoms with Crippen LogP contribution in [0, 0.1) is 0 Å². The Morgan fingerprint density at radius 2 is 0.632 bits per heavy atom. The molecule has 0 saturated heterocycles. The van der Waals surface area contributed by atoms with Gasteiger partial charge in [0.05, 0.1) is 0 Å². The van der Waals surface area contributed by atoms with Gasteiger partial charge in [0, 0.05) is 0 Å². The zero-order valence-electron chi connectivity index (χ0n) is 7.87. The van der Waals surface area contributed by atoms with Gasteiger partial charge in [-0.1, -0.05) is 0 Å². The largest absolute Gasteiger partial charge is 3.00 e. The van der Waals surface area contributed by atoms with Crippen molar-refractivity contribution in [1.29, 1.82) is 0 Å². The molecule has 0 aliphatic rings. The number of hydrogen-bond acceptors (Lipinski definition) is 15. The van der Waals surface area contributed by atoms with Crippen LogP contribution in [0.1, 0.15) is 0 Å². The minimum absolute atomic E-state index is 0. The molecule has 0 fully saturated rings. The van der Waals surface area contributed by atoms with E-state index in [2.05, 4.69) is 13.0 Å². The van der Waals surface area contributed by atoms with E-state index in [4.69, 9.17) is 54.7 Å². The van der Waals surface area contributed by atoms with Gasteiger partial charge in [-0.25, -0.2) is 41.0 Å². The molecule has 0 bridgehead atoms. The summed E-state index contributed by atoms with van der Waals surface area (Å²) in [7, 11) is -14.6. The Kier molecular flexibility index (Phi) is 17.0. The van der Waals surface area contributed by atoms with E-state index >= 15 is 0 Å². The topological polar surface area (TPSA) is 260 Å². The van der Waals surface area contributed by atoms with Crippen molar-refractivity contribution >= 4 is 31.2 Å². The summed E-state index contributed by atoms with van der Waals surface area (Å²) in [5, 5.41) is 21.0. The fraction of sp³-hybridized carbons (Fsp3) is 0. The van der Waals surface area contributed by atoms with Crippen LogP contribution in [0.2, 0.25) is 0 Å². The van der Waals surface area contributed by atoms with Crippen LogP contribution in [0.5, 0.6) is 0 Å². The van der Waals surface area contributed by atoms with Gasteiger partial charge in [-0.2, -0.15) is 0 Å². The zero-order valence-corrected chi connectivity index (χ0v) is 11.6. The summed E-state index contributed by atoms with van der Waals surface area (Å²) in [6.07, 6.45) is 0. The fourth-order valence-electron chi connectivity index (χ4n) is 0. The van der Waals surface area contributed by atoms with Crippen molar-refractivity contribution < 1.29 is 85.0 Å². The Bertz CT molecular complexity index is 399. The van der Waals surface area contributed by atoms with E-state index in [9.17, 15) is 0 Å². The molecule has 19 heteroatoms. The molecule has 0 atom stereocenters. The van der Waals surface area contributed by atoms with Gasteiger partial charge >= 0.3 is 17.4 Å². The van der Waals surface area contributed by atoms with Crippen LogP contribution in [-0.4, -0.2) is 54.7 Å². The van der Waals surface area contributed by atoms with E-state index in [1.54, 1.807) is 0 Å². The zero-order chi connectivity index (χ0) is 15.6. The van der Waals surface area contributed by atoms with E-state index in [1.807, 2.05) is 0 Å². The van der Waals surface area contributed by atoms with Gasteiger partial charge in [-0.3, -0.25) is 0 Å². The summed E-state index contributed by atoms with van der Waals surface area (Å²) >= 11 is 0. The van der Waals surface area contributed by atoms with E-state index in [-0.39, 0.29) is 17.4 Å². The van der Waals surface area contributed by atoms with Gasteiger partial charge in [0.2, 0.25) is 31.2 Å². The quantitative estimate of drug-likeness (QED) is 0.185. The van der Waals surface area contributed by atoms with Crippen molar-refractivity contribution in [3.05, 3.63) is 0 Å². The summed E-state index contributed by atoms with van der Waals surface area (Å²) < 4.78 is 87.8. The first-order chi connectivity index (χ1) is 7.68. The summed E-state index contributed by atoms with van der Waals surface area (Å²) in [6.45, 7) is 0. The van der Waals surface area contributed by atoms with E-state index in [0.717, 1.165) is 0 Å². The maximum absolute atomic E-state index is 8.97. The van der Waals surface area contributed by atoms with Crippen LogP contribution in [0.25, 0.3) is 0 Å². The molecular weight excluding hydrogens is 388 g/mol. The van der Waals surface area contributed by atoms with Crippen LogP contribution in [0.4, 0.5) is 0 Å². The molecule has 0 amide bonds. The molecule has 19 heavy (non-hydrogen) atoms. The molecule has 0 rings (SSSR count). The Hall–Kier alpha value is 0.0225. The second-order valence-corrected chi connectivity index (χ2v) is 4.35. The van der Waals surface area contributed by atoms with E-state index < -0.39 is 31.2 Å². The third-order valence-corrected chi connectivity index (χ3v) is 0.822. The molecule has 0 aromatic carbocycles. The molecular formula is H3CrO15S3. The molecule has 0 aromatic rings. The average Bonchev–Trinajstić information content (AvgIpc) is 2.16. The van der Waals surface area contributed by atoms with E-state index in [1.165, 1.54) is 0 Å². The standard InChI is InChI=1S/Cr.3H2O5S/c;3*1-5-6(2,3)4/h;3*1H,(H,2,3,4)/q+3;;;/p-3. The van der Waals surface area contributed by atoms with Gasteiger partial charge in [-0.15, -0.1) is 13.0 Å². The van der Waals surface area contributed by atoms with Crippen molar-refractivity contribution in [2.75, 3.05) is 0 Å². The average molecular weight is 391 g/mol. The van der Waals surface area contributed by atoms with Crippen molar-refractivity contribution in [3.63, 3.8) is 0 Å². The molecule has 0 spiro atoms. The summed E-state index contributed by atoms with van der Waals surface area (Å²) in [5.74, 6) is 0. The van der Waals surface area contributed by atoms with E-state index in [0.29, 0.717) is 0 Å². The maximum atomic E-state index is 8.97. The first kappa shape index (κ1) is 27.4. The summed E-state index contributed by atoms with van der Waals surface area (Å²) in [4.78, 5) is 0. The second kappa shape index (κ2) is 11.8. The van der Waals surface area contributed by atoms with Crippen LogP contribution in [-0.2, 0) is 61.6 Å². The second-order valence-electron chi connectivity index (χ2n) is 1.45. The molecule has 0 aliphatic heterocycles. The van der Waals surface area contributed by atoms with Gasteiger partial charge in [0.15, 0.2) is 0 Å². The van der Waals surface area contributed by atoms with Crippen LogP contribution in [0.15, 0.2) is 0 Å². The Morgan fingerprint density at radius 1 is 0.579 bits per heavy atom. The van der Waals surface area contributed by atoms with Crippen molar-refractivity contribution in [2.45, 2.75) is 0 Å². The summed E-state index contributed by atoms with van der Waals surface area (Å²) in [5.41, 5.74) is 0. The smallest absolute Gasteiger partial charge is 0.724 e. The predicted octanol–water partition coefficient (Wildman–Crippen LogP) is -3.19. The van der Waals surface area contributed by atoms with Gasteiger partial charge < -0.3 is 13.7 Å². The Morgan fingerprint density at radius 3 is 0.632 bits per heavy atom. The number of hydrogen-bond donors (Lipinski definition) is 3. The minimum Gasteiger partial charge on any atom is -0.724 e.